The first-order valence-electron chi connectivity index (χ1n) is 28.5. The molecule has 8 heterocycles. The van der Waals surface area contributed by atoms with Gasteiger partial charge in [-0.3, -0.25) is 0 Å². The molecule has 8 fully saturated rings. The topological polar surface area (TPSA) is 358 Å². The van der Waals surface area contributed by atoms with Crippen LogP contribution in [0.2, 0.25) is 0 Å². The number of carbonyl (C=O) groups is 8. The summed E-state index contributed by atoms with van der Waals surface area (Å²) in [6.45, 7) is 3.74. The van der Waals surface area contributed by atoms with Crippen LogP contribution in [0.3, 0.4) is 0 Å². The second kappa shape index (κ2) is 51.5. The standard InChI is InChI=1S/C9H12O4.2C8H10O4.C7H8F4O4.C7H8F2O4.C7H8O4.C6H7F3O4.C6H9FO4/c1-4-9(2,3)13-8(10)7-5-11-6-12-7;1-3-6(2)12-8(9)7-4-10-5-11-7;1-2-3-4-11-8(9)7-5-10-6-12-7;8-6(9)7(10,11)2-14-5(12)4-1-13-3-15-4;8-6(9)1-2-12-7(10)5-3-11-4-13-5;1-2-3-10-7(8)6-4-9-5-11-6;7-6(8,9)2-12-5(10)4-1-11-3-13-4;7-1-2-10-6(8)5-3-9-4-11-5/h1,7H,5-6H2,2-3H3;1,6-7H,4-5H2,2H3;7H,4-6H2,1H3;4,6H,1-3H2;1,5H,2-4H2;1,6H,3-5H2;4H,1-3H2;5H,1-4H2. The quantitative estimate of drug-likeness (QED) is 0.0722. The summed E-state index contributed by atoms with van der Waals surface area (Å²) in [4.78, 5) is 87.7. The Kier molecular flexibility index (Phi) is 46.6. The van der Waals surface area contributed by atoms with E-state index in [0.717, 1.165) is 0 Å². The van der Waals surface area contributed by atoms with Crippen molar-refractivity contribution in [2.75, 3.05) is 154 Å². The molecule has 42 heteroatoms. The third kappa shape index (κ3) is 41.8. The lowest BCUT2D eigenvalue weighted by atomic mass is 10.1. The number of alkyl halides is 8. The van der Waals surface area contributed by atoms with Gasteiger partial charge in [0.1, 0.15) is 74.2 Å². The highest BCUT2D eigenvalue weighted by atomic mass is 19.4. The van der Waals surface area contributed by atoms with E-state index in [2.05, 4.69) is 72.2 Å². The molecule has 9 unspecified atom stereocenters. The van der Waals surface area contributed by atoms with E-state index in [1.165, 1.54) is 0 Å². The number of hydrogen-bond acceptors (Lipinski definition) is 32. The molecular weight excluding hydrogens is 1400 g/mol. The third-order valence-electron chi connectivity index (χ3n) is 11.0. The van der Waals surface area contributed by atoms with Gasteiger partial charge in [0.25, 0.3) is 6.08 Å². The number of carbonyl (C=O) groups excluding carboxylic acids is 8. The number of halogens is 10. The van der Waals surface area contributed by atoms with Crippen LogP contribution in [-0.2, 0) is 152 Å². The second-order valence-corrected chi connectivity index (χ2v) is 19.2. The molecule has 0 aromatic rings. The monoisotopic (exact) mass is 1470 g/mol. The average molecular weight is 1470 g/mol. The van der Waals surface area contributed by atoms with Crippen molar-refractivity contribution in [1.29, 1.82) is 0 Å². The van der Waals surface area contributed by atoms with E-state index >= 15 is 0 Å². The molecule has 0 spiro atoms. The summed E-state index contributed by atoms with van der Waals surface area (Å²) in [6.07, 6.45) is -1.19. The molecule has 566 valence electrons. The van der Waals surface area contributed by atoms with Crippen LogP contribution in [-0.4, -0.2) is 280 Å². The normalized spacial score (nSPS) is 22.6. The van der Waals surface area contributed by atoms with Gasteiger partial charge in [-0.25, -0.2) is 51.5 Å². The zero-order chi connectivity index (χ0) is 74.9. The molecule has 0 aliphatic carbocycles. The van der Waals surface area contributed by atoms with Gasteiger partial charge < -0.3 is 114 Å². The minimum Gasteiger partial charge on any atom is -0.461 e. The van der Waals surface area contributed by atoms with Crippen LogP contribution in [0.25, 0.3) is 0 Å². The number of ether oxygens (including phenoxy) is 24. The van der Waals surface area contributed by atoms with E-state index in [9.17, 15) is 82.3 Å². The maximum Gasteiger partial charge on any atom is 0.422 e. The van der Waals surface area contributed by atoms with Crippen molar-refractivity contribution in [3.05, 3.63) is 12.2 Å². The summed E-state index contributed by atoms with van der Waals surface area (Å²) in [7, 11) is 0. The Morgan fingerprint density at radius 2 is 0.820 bits per heavy atom. The highest BCUT2D eigenvalue weighted by molar-refractivity contribution is 5.78. The van der Waals surface area contributed by atoms with Gasteiger partial charge in [0.15, 0.2) is 87.0 Å². The first-order valence-corrected chi connectivity index (χ1v) is 28.5. The van der Waals surface area contributed by atoms with Crippen LogP contribution in [0.1, 0.15) is 27.7 Å². The van der Waals surface area contributed by atoms with Gasteiger partial charge in [-0.2, -0.15) is 30.7 Å². The summed E-state index contributed by atoms with van der Waals surface area (Å²) < 4.78 is 229. The van der Waals surface area contributed by atoms with Crippen molar-refractivity contribution in [2.24, 2.45) is 0 Å². The molecule has 32 nitrogen and oxygen atoms in total. The van der Waals surface area contributed by atoms with E-state index < -0.39 is 159 Å². The molecule has 8 aliphatic rings. The largest absolute Gasteiger partial charge is 0.461 e. The lowest BCUT2D eigenvalue weighted by molar-refractivity contribution is -0.191. The molecular formula is C58H72F10O32. The van der Waals surface area contributed by atoms with Crippen molar-refractivity contribution >= 4 is 47.8 Å². The first-order chi connectivity index (χ1) is 47.4. The van der Waals surface area contributed by atoms with Gasteiger partial charge in [0, 0.05) is 6.08 Å². The Balaban J connectivity index is 0.000000572. The van der Waals surface area contributed by atoms with Crippen molar-refractivity contribution in [1.82, 2.24) is 0 Å². The molecule has 8 aliphatic heterocycles. The van der Waals surface area contributed by atoms with Crippen molar-refractivity contribution in [2.45, 2.75) is 107 Å². The lowest BCUT2D eigenvalue weighted by Crippen LogP contribution is -2.36. The average Bonchev–Trinajstić information content (AvgIpc) is 1.20. The van der Waals surface area contributed by atoms with Gasteiger partial charge in [0.05, 0.1) is 52.9 Å². The minimum atomic E-state index is -4.50. The van der Waals surface area contributed by atoms with Crippen molar-refractivity contribution < 1.29 is 196 Å². The summed E-state index contributed by atoms with van der Waals surface area (Å²) in [5.74, 6) is 2.49. The predicted molar refractivity (Wildman–Crippen MR) is 300 cm³/mol. The Hall–Kier alpha value is -7.60. The van der Waals surface area contributed by atoms with E-state index in [4.69, 9.17) is 90.3 Å². The van der Waals surface area contributed by atoms with Gasteiger partial charge in [-0.15, -0.1) is 25.2 Å². The first kappa shape index (κ1) is 90.4. The SMILES string of the molecule is C#CC(C)(C)OC(=O)C1COCO1.C#CC(C)OC(=O)C1COCO1.C#CCOC(=O)C1COCO1.CC#CCOC(=O)C1COCO1.O=C(OCC(F)(F)C(F)F)C1COCO1.O=C(OCC(F)(F)F)C1COCO1.O=C(OCC=C(F)F)C1COCO1.O=C(OCCF)C1COCO1. The molecule has 0 aromatic carbocycles. The molecule has 0 bridgehead atoms. The van der Waals surface area contributed by atoms with Crippen LogP contribution in [0.15, 0.2) is 12.2 Å². The number of terminal acetylenes is 3. The van der Waals surface area contributed by atoms with Crippen LogP contribution in [0, 0.1) is 48.9 Å². The molecule has 0 saturated carbocycles. The maximum absolute atomic E-state index is 12.3. The molecule has 0 amide bonds. The van der Waals surface area contributed by atoms with Gasteiger partial charge >= 0.3 is 66.3 Å². The van der Waals surface area contributed by atoms with E-state index in [1.807, 2.05) is 0 Å². The summed E-state index contributed by atoms with van der Waals surface area (Å²) in [5.41, 5.74) is -0.886. The molecule has 0 N–H and O–H groups in total. The van der Waals surface area contributed by atoms with Crippen LogP contribution < -0.4 is 0 Å². The zero-order valence-electron chi connectivity index (χ0n) is 53.7. The molecule has 9 atom stereocenters. The summed E-state index contributed by atoms with van der Waals surface area (Å²) in [6, 6.07) is 0. The summed E-state index contributed by atoms with van der Waals surface area (Å²) >= 11 is 0. The smallest absolute Gasteiger partial charge is 0.422 e. The number of rotatable bonds is 20. The Bertz CT molecular complexity index is 2640. The molecule has 0 radical (unpaired) electrons. The fourth-order valence-corrected chi connectivity index (χ4v) is 5.95. The third-order valence-corrected chi connectivity index (χ3v) is 11.0. The molecule has 8 saturated heterocycles. The van der Waals surface area contributed by atoms with E-state index in [-0.39, 0.29) is 127 Å². The number of esters is 8. The lowest BCUT2D eigenvalue weighted by Gasteiger charge is -2.19. The van der Waals surface area contributed by atoms with Crippen LogP contribution in [0.4, 0.5) is 43.9 Å². The van der Waals surface area contributed by atoms with Crippen molar-refractivity contribution in [3.63, 3.8) is 0 Å². The van der Waals surface area contributed by atoms with Gasteiger partial charge in [-0.1, -0.05) is 23.7 Å². The Morgan fingerprint density at radius 1 is 0.490 bits per heavy atom. The van der Waals surface area contributed by atoms with Crippen LogP contribution >= 0.6 is 0 Å². The summed E-state index contributed by atoms with van der Waals surface area (Å²) in [5, 5.41) is 0. The fraction of sp³-hybridized carbons (Fsp3) is 0.690. The highest BCUT2D eigenvalue weighted by Crippen LogP contribution is 2.24. The van der Waals surface area contributed by atoms with Gasteiger partial charge in [0.2, 0.25) is 0 Å². The van der Waals surface area contributed by atoms with E-state index in [1.54, 1.807) is 27.7 Å². The van der Waals surface area contributed by atoms with Gasteiger partial charge in [-0.05, 0) is 27.7 Å². The van der Waals surface area contributed by atoms with Crippen molar-refractivity contribution in [3.8, 4) is 48.9 Å². The van der Waals surface area contributed by atoms with E-state index in [0.29, 0.717) is 6.08 Å². The second-order valence-electron chi connectivity index (χ2n) is 19.2. The van der Waals surface area contributed by atoms with Crippen LogP contribution in [0.5, 0.6) is 0 Å². The zero-order valence-corrected chi connectivity index (χ0v) is 53.7. The minimum absolute atomic E-state index is 0.0152. The fourth-order valence-electron chi connectivity index (χ4n) is 5.95. The molecule has 100 heavy (non-hydrogen) atoms. The Labute approximate surface area is 564 Å². The number of hydrogen-bond donors (Lipinski definition) is 0. The maximum atomic E-state index is 12.3. The predicted octanol–water partition coefficient (Wildman–Crippen LogP) is 1.52. The Morgan fingerprint density at radius 3 is 1.12 bits per heavy atom. The molecule has 8 rings (SSSR count). The molecule has 0 aromatic heterocycles. The highest BCUT2D eigenvalue weighted by Gasteiger charge is 2.43.